The van der Waals surface area contributed by atoms with E-state index >= 15 is 0 Å². The zero-order chi connectivity index (χ0) is 25.1. The average molecular weight is 640 g/mol. The molecule has 1 aliphatic rings. The highest BCUT2D eigenvalue weighted by Gasteiger charge is 2.35. The van der Waals surface area contributed by atoms with Crippen LogP contribution < -0.4 is 9.47 Å². The standard InChI is InChI=1S/C25H16Cl2INO5S/c1-33-20-11-15(10-19(27)22(20)34-24(31)16-4-6-17(26)7-5-16)12-21-23(30)29(25(32)35-21)13-14-2-8-18(28)9-3-14/h2-12H,13H2,1H3/b21-12-. The first-order valence-corrected chi connectivity index (χ1v) is 12.8. The number of methoxy groups -OCH3 is 1. The van der Waals surface area contributed by atoms with E-state index in [2.05, 4.69) is 22.6 Å². The van der Waals surface area contributed by atoms with Gasteiger partial charge in [0.15, 0.2) is 11.5 Å². The van der Waals surface area contributed by atoms with Gasteiger partial charge in [0.1, 0.15) is 0 Å². The third kappa shape index (κ3) is 6.00. The molecule has 1 aliphatic heterocycles. The summed E-state index contributed by atoms with van der Waals surface area (Å²) < 4.78 is 11.9. The predicted octanol–water partition coefficient (Wildman–Crippen LogP) is 7.06. The maximum atomic E-state index is 12.9. The number of rotatable bonds is 6. The number of carbonyl (C=O) groups excluding carboxylic acids is 3. The van der Waals surface area contributed by atoms with Crippen molar-refractivity contribution >= 4 is 80.7 Å². The Morgan fingerprint density at radius 1 is 1.06 bits per heavy atom. The second-order valence-electron chi connectivity index (χ2n) is 7.32. The molecule has 0 spiro atoms. The Bertz CT molecular complexity index is 1340. The van der Waals surface area contributed by atoms with E-state index in [4.69, 9.17) is 32.7 Å². The van der Waals surface area contributed by atoms with E-state index in [9.17, 15) is 14.4 Å². The van der Waals surface area contributed by atoms with Gasteiger partial charge in [0.2, 0.25) is 0 Å². The summed E-state index contributed by atoms with van der Waals surface area (Å²) >= 11 is 15.3. The molecule has 6 nitrogen and oxygen atoms in total. The SMILES string of the molecule is COc1cc(/C=C2\SC(=O)N(Cc3ccc(I)cc3)C2=O)cc(Cl)c1OC(=O)c1ccc(Cl)cc1. The van der Waals surface area contributed by atoms with Gasteiger partial charge in [-0.2, -0.15) is 0 Å². The molecule has 1 fully saturated rings. The first kappa shape index (κ1) is 25.6. The van der Waals surface area contributed by atoms with E-state index < -0.39 is 11.9 Å². The van der Waals surface area contributed by atoms with Gasteiger partial charge in [0, 0.05) is 8.59 Å². The molecule has 0 unspecified atom stereocenters. The molecule has 0 radical (unpaired) electrons. The van der Waals surface area contributed by atoms with Crippen LogP contribution in [0, 0.1) is 3.57 Å². The number of halogens is 3. The highest BCUT2D eigenvalue weighted by Crippen LogP contribution is 2.39. The average Bonchev–Trinajstić information content (AvgIpc) is 3.09. The fraction of sp³-hybridized carbons (Fsp3) is 0.0800. The van der Waals surface area contributed by atoms with Crippen molar-refractivity contribution in [1.29, 1.82) is 0 Å². The van der Waals surface area contributed by atoms with Crippen LogP contribution in [0.1, 0.15) is 21.5 Å². The van der Waals surface area contributed by atoms with Crippen LogP contribution in [0.4, 0.5) is 4.79 Å². The lowest BCUT2D eigenvalue weighted by Crippen LogP contribution is -2.27. The van der Waals surface area contributed by atoms with Crippen molar-refractivity contribution in [3.05, 3.63) is 95.9 Å². The van der Waals surface area contributed by atoms with Crippen molar-refractivity contribution in [2.24, 2.45) is 0 Å². The van der Waals surface area contributed by atoms with Gasteiger partial charge in [0.25, 0.3) is 11.1 Å². The van der Waals surface area contributed by atoms with Crippen LogP contribution in [0.3, 0.4) is 0 Å². The van der Waals surface area contributed by atoms with Crippen molar-refractivity contribution < 1.29 is 23.9 Å². The number of benzene rings is 3. The molecule has 0 bridgehead atoms. The van der Waals surface area contributed by atoms with Crippen LogP contribution in [0.5, 0.6) is 11.5 Å². The van der Waals surface area contributed by atoms with Gasteiger partial charge in [-0.05, 0) is 100 Å². The van der Waals surface area contributed by atoms with Crippen molar-refractivity contribution in [3.8, 4) is 11.5 Å². The Balaban J connectivity index is 1.55. The van der Waals surface area contributed by atoms with Crippen molar-refractivity contribution in [3.63, 3.8) is 0 Å². The molecule has 0 aromatic heterocycles. The molecule has 0 N–H and O–H groups in total. The maximum Gasteiger partial charge on any atom is 0.343 e. The molecular formula is C25H16Cl2INO5S. The Morgan fingerprint density at radius 3 is 2.40 bits per heavy atom. The second-order valence-corrected chi connectivity index (χ2v) is 10.4. The highest BCUT2D eigenvalue weighted by molar-refractivity contribution is 14.1. The normalized spacial score (nSPS) is 14.5. The van der Waals surface area contributed by atoms with E-state index in [-0.39, 0.29) is 33.2 Å². The van der Waals surface area contributed by atoms with Gasteiger partial charge in [0.05, 0.1) is 29.1 Å². The van der Waals surface area contributed by atoms with E-state index in [1.807, 2.05) is 24.3 Å². The summed E-state index contributed by atoms with van der Waals surface area (Å²) in [5.41, 5.74) is 1.65. The topological polar surface area (TPSA) is 72.9 Å². The minimum absolute atomic E-state index is 0.0399. The summed E-state index contributed by atoms with van der Waals surface area (Å²) in [5, 5.41) is 0.242. The molecule has 1 saturated heterocycles. The van der Waals surface area contributed by atoms with Crippen LogP contribution >= 0.6 is 57.6 Å². The number of carbonyl (C=O) groups is 3. The number of imide groups is 1. The predicted molar refractivity (Wildman–Crippen MR) is 145 cm³/mol. The van der Waals surface area contributed by atoms with E-state index in [1.54, 1.807) is 24.3 Å². The summed E-state index contributed by atoms with van der Waals surface area (Å²) in [6.07, 6.45) is 1.55. The minimum Gasteiger partial charge on any atom is -0.493 e. The Hall–Kier alpha value is -2.53. The minimum atomic E-state index is -0.633. The fourth-order valence-electron chi connectivity index (χ4n) is 3.22. The van der Waals surface area contributed by atoms with E-state index in [1.165, 1.54) is 30.2 Å². The molecule has 4 rings (SSSR count). The summed E-state index contributed by atoms with van der Waals surface area (Å²) in [4.78, 5) is 39.3. The first-order valence-electron chi connectivity index (χ1n) is 10.1. The third-order valence-electron chi connectivity index (χ3n) is 4.95. The molecule has 178 valence electrons. The van der Waals surface area contributed by atoms with Crippen LogP contribution in [-0.4, -0.2) is 29.1 Å². The van der Waals surface area contributed by atoms with E-state index in [0.717, 1.165) is 20.9 Å². The van der Waals surface area contributed by atoms with Crippen molar-refractivity contribution in [2.45, 2.75) is 6.54 Å². The number of hydrogen-bond donors (Lipinski definition) is 0. The quantitative estimate of drug-likeness (QED) is 0.124. The molecule has 3 aromatic rings. The molecule has 0 saturated carbocycles. The van der Waals surface area contributed by atoms with Gasteiger partial charge in [-0.25, -0.2) is 4.79 Å². The zero-order valence-corrected chi connectivity index (χ0v) is 22.6. The van der Waals surface area contributed by atoms with Gasteiger partial charge in [-0.15, -0.1) is 0 Å². The summed E-state index contributed by atoms with van der Waals surface area (Å²) in [6, 6.07) is 16.9. The number of esters is 1. The fourth-order valence-corrected chi connectivity index (χ4v) is 4.80. The maximum absolute atomic E-state index is 12.9. The largest absolute Gasteiger partial charge is 0.493 e. The monoisotopic (exact) mass is 639 g/mol. The Labute approximate surface area is 229 Å². The molecule has 1 heterocycles. The molecule has 0 aliphatic carbocycles. The smallest absolute Gasteiger partial charge is 0.343 e. The van der Waals surface area contributed by atoms with Crippen LogP contribution in [0.2, 0.25) is 10.0 Å². The van der Waals surface area contributed by atoms with Crippen molar-refractivity contribution in [2.75, 3.05) is 7.11 Å². The summed E-state index contributed by atoms with van der Waals surface area (Å²) in [7, 11) is 1.41. The summed E-state index contributed by atoms with van der Waals surface area (Å²) in [6.45, 7) is 0.183. The number of hydrogen-bond acceptors (Lipinski definition) is 6. The number of amides is 2. The van der Waals surface area contributed by atoms with Gasteiger partial charge in [-0.1, -0.05) is 35.3 Å². The molecule has 35 heavy (non-hydrogen) atoms. The number of thioether (sulfide) groups is 1. The Kier molecular flexibility index (Phi) is 8.05. The second kappa shape index (κ2) is 11.0. The lowest BCUT2D eigenvalue weighted by Gasteiger charge is -2.13. The van der Waals surface area contributed by atoms with E-state index in [0.29, 0.717) is 16.1 Å². The van der Waals surface area contributed by atoms with Gasteiger partial charge in [-0.3, -0.25) is 14.5 Å². The Morgan fingerprint density at radius 2 is 1.74 bits per heavy atom. The zero-order valence-electron chi connectivity index (χ0n) is 18.1. The van der Waals surface area contributed by atoms with Gasteiger partial charge >= 0.3 is 5.97 Å². The molecule has 2 amide bonds. The van der Waals surface area contributed by atoms with Crippen LogP contribution in [0.25, 0.3) is 6.08 Å². The lowest BCUT2D eigenvalue weighted by molar-refractivity contribution is -0.123. The third-order valence-corrected chi connectivity index (χ3v) is 7.11. The highest BCUT2D eigenvalue weighted by atomic mass is 127. The lowest BCUT2D eigenvalue weighted by atomic mass is 10.1. The molecule has 10 heteroatoms. The van der Waals surface area contributed by atoms with Crippen LogP contribution in [0.15, 0.2) is 65.6 Å². The summed E-state index contributed by atoms with van der Waals surface area (Å²) in [5.74, 6) is -0.791. The number of nitrogens with zero attached hydrogens (tertiary/aromatic N) is 1. The number of ether oxygens (including phenoxy) is 2. The van der Waals surface area contributed by atoms with Gasteiger partial charge < -0.3 is 9.47 Å². The molecule has 3 aromatic carbocycles. The molecule has 0 atom stereocenters. The van der Waals surface area contributed by atoms with Crippen LogP contribution in [-0.2, 0) is 11.3 Å². The van der Waals surface area contributed by atoms with Crippen molar-refractivity contribution in [1.82, 2.24) is 4.90 Å². The first-order chi connectivity index (χ1) is 16.7. The molecular weight excluding hydrogens is 624 g/mol.